The summed E-state index contributed by atoms with van der Waals surface area (Å²) in [5.41, 5.74) is 1.02. The summed E-state index contributed by atoms with van der Waals surface area (Å²) < 4.78 is 14.9. The number of nitrogens with zero attached hydrogens (tertiary/aromatic N) is 1. The molecule has 1 N–H and O–H groups in total. The lowest BCUT2D eigenvalue weighted by Crippen LogP contribution is -2.12. The van der Waals surface area contributed by atoms with Gasteiger partial charge in [-0.1, -0.05) is 29.2 Å². The molecule has 0 atom stereocenters. The van der Waals surface area contributed by atoms with Gasteiger partial charge in [0.05, 0.1) is 12.1 Å². The molecule has 1 aromatic carbocycles. The van der Waals surface area contributed by atoms with Crippen LogP contribution in [0.3, 0.4) is 0 Å². The molecule has 0 amide bonds. The van der Waals surface area contributed by atoms with Crippen molar-refractivity contribution in [3.63, 3.8) is 0 Å². The van der Waals surface area contributed by atoms with Gasteiger partial charge in [-0.05, 0) is 17.7 Å². The van der Waals surface area contributed by atoms with Gasteiger partial charge in [-0.3, -0.25) is 4.79 Å². The molecular weight excluding hydrogens is 253 g/mol. The number of hydrogen-bond acceptors (Lipinski definition) is 3. The second-order valence-electron chi connectivity index (χ2n) is 3.57. The molecule has 0 bridgehead atoms. The van der Waals surface area contributed by atoms with E-state index in [1.807, 2.05) is 0 Å². The normalized spacial score (nSPS) is 9.89. The lowest BCUT2D eigenvalue weighted by molar-refractivity contribution is 0.350. The maximum atomic E-state index is 13.4. The van der Waals surface area contributed by atoms with Gasteiger partial charge in [-0.2, -0.15) is 0 Å². The van der Waals surface area contributed by atoms with Crippen molar-refractivity contribution in [3.05, 3.63) is 56.4 Å². The van der Waals surface area contributed by atoms with E-state index in [9.17, 15) is 9.18 Å². The van der Waals surface area contributed by atoms with Crippen LogP contribution < -0.4 is 4.87 Å². The summed E-state index contributed by atoms with van der Waals surface area (Å²) >= 11 is 1.12. The maximum Gasteiger partial charge on any atom is 0.307 e. The summed E-state index contributed by atoms with van der Waals surface area (Å²) in [7, 11) is 0. The summed E-state index contributed by atoms with van der Waals surface area (Å²) in [4.78, 5) is 11.3. The van der Waals surface area contributed by atoms with Crippen molar-refractivity contribution in [3.8, 4) is 11.8 Å². The van der Waals surface area contributed by atoms with Crippen LogP contribution in [0.2, 0.25) is 0 Å². The van der Waals surface area contributed by atoms with Crippen molar-refractivity contribution in [1.29, 1.82) is 0 Å². The quantitative estimate of drug-likeness (QED) is 0.833. The minimum atomic E-state index is -0.433. The Balaban J connectivity index is 2.30. The number of thiazole rings is 1. The highest BCUT2D eigenvalue weighted by Gasteiger charge is 2.03. The summed E-state index contributed by atoms with van der Waals surface area (Å²) in [5, 5.41) is 10.3. The predicted octanol–water partition coefficient (Wildman–Crippen LogP) is 1.44. The standard InChI is InChI=1S/C13H10FNO2S/c14-12-4-3-10(8-11(12)2-1-6-16)9-15-5-7-18-13(15)17/h3-5,7-8,16H,6,9H2. The number of hydrogen-bond donors (Lipinski definition) is 1. The van der Waals surface area contributed by atoms with Crippen LogP contribution in [0.5, 0.6) is 0 Å². The molecular formula is C13H10FNO2S. The monoisotopic (exact) mass is 263 g/mol. The molecule has 0 aliphatic heterocycles. The molecule has 0 saturated heterocycles. The van der Waals surface area contributed by atoms with Crippen LogP contribution in [0.25, 0.3) is 0 Å². The van der Waals surface area contributed by atoms with Crippen LogP contribution in [-0.4, -0.2) is 16.3 Å². The second-order valence-corrected chi connectivity index (χ2v) is 4.43. The fourth-order valence-corrected chi connectivity index (χ4v) is 2.09. The number of halogens is 1. The van der Waals surface area contributed by atoms with E-state index in [1.54, 1.807) is 28.3 Å². The van der Waals surface area contributed by atoms with Crippen LogP contribution in [0.4, 0.5) is 4.39 Å². The van der Waals surface area contributed by atoms with Gasteiger partial charge in [-0.15, -0.1) is 0 Å². The third kappa shape index (κ3) is 2.86. The average Bonchev–Trinajstić information content (AvgIpc) is 2.76. The lowest BCUT2D eigenvalue weighted by Gasteiger charge is -2.03. The zero-order chi connectivity index (χ0) is 13.0. The van der Waals surface area contributed by atoms with Gasteiger partial charge < -0.3 is 9.67 Å². The minimum Gasteiger partial charge on any atom is -0.384 e. The number of aliphatic hydroxyl groups is 1. The Morgan fingerprint density at radius 1 is 1.44 bits per heavy atom. The smallest absolute Gasteiger partial charge is 0.307 e. The van der Waals surface area contributed by atoms with E-state index >= 15 is 0 Å². The number of aromatic nitrogens is 1. The van der Waals surface area contributed by atoms with Crippen LogP contribution >= 0.6 is 11.3 Å². The zero-order valence-corrected chi connectivity index (χ0v) is 10.2. The van der Waals surface area contributed by atoms with Crippen LogP contribution in [-0.2, 0) is 6.54 Å². The molecule has 2 rings (SSSR count). The molecule has 3 nitrogen and oxygen atoms in total. The van der Waals surface area contributed by atoms with Gasteiger partial charge in [0.2, 0.25) is 0 Å². The molecule has 5 heteroatoms. The SMILES string of the molecule is O=c1sccn1Cc1ccc(F)c(C#CCO)c1. The average molecular weight is 263 g/mol. The Labute approximate surface area is 107 Å². The first-order valence-electron chi connectivity index (χ1n) is 5.23. The summed E-state index contributed by atoms with van der Waals surface area (Å²) in [5.74, 6) is 4.51. The Hall–Kier alpha value is -1.90. The highest BCUT2D eigenvalue weighted by atomic mass is 32.1. The molecule has 0 saturated carbocycles. The lowest BCUT2D eigenvalue weighted by atomic mass is 10.1. The van der Waals surface area contributed by atoms with Crippen LogP contribution in [0, 0.1) is 17.7 Å². The van der Waals surface area contributed by atoms with Crippen molar-refractivity contribution >= 4 is 11.3 Å². The Morgan fingerprint density at radius 3 is 2.94 bits per heavy atom. The summed E-state index contributed by atoms with van der Waals surface area (Å²) in [6, 6.07) is 4.51. The first kappa shape index (κ1) is 12.6. The molecule has 0 radical (unpaired) electrons. The largest absolute Gasteiger partial charge is 0.384 e. The summed E-state index contributed by atoms with van der Waals surface area (Å²) in [6.07, 6.45) is 1.69. The third-order valence-corrected chi connectivity index (χ3v) is 3.02. The minimum absolute atomic E-state index is 0.0534. The van der Waals surface area contributed by atoms with E-state index in [0.717, 1.165) is 16.9 Å². The molecule has 1 heterocycles. The Morgan fingerprint density at radius 2 is 2.28 bits per heavy atom. The van der Waals surface area contributed by atoms with E-state index < -0.39 is 5.82 Å². The molecule has 0 spiro atoms. The predicted molar refractivity (Wildman–Crippen MR) is 68.0 cm³/mol. The van der Waals surface area contributed by atoms with Crippen LogP contribution in [0.15, 0.2) is 34.6 Å². The van der Waals surface area contributed by atoms with E-state index in [2.05, 4.69) is 11.8 Å². The first-order valence-corrected chi connectivity index (χ1v) is 6.11. The van der Waals surface area contributed by atoms with Crippen molar-refractivity contribution < 1.29 is 9.50 Å². The summed E-state index contributed by atoms with van der Waals surface area (Å²) in [6.45, 7) is 0.0735. The van der Waals surface area contributed by atoms with Crippen LogP contribution in [0.1, 0.15) is 11.1 Å². The molecule has 0 aliphatic carbocycles. The van der Waals surface area contributed by atoms with Gasteiger partial charge in [-0.25, -0.2) is 4.39 Å². The first-order chi connectivity index (χ1) is 8.70. The highest BCUT2D eigenvalue weighted by molar-refractivity contribution is 7.07. The van der Waals surface area contributed by atoms with Crippen molar-refractivity contribution in [2.24, 2.45) is 0 Å². The van der Waals surface area contributed by atoms with E-state index in [0.29, 0.717) is 6.54 Å². The molecule has 92 valence electrons. The number of aliphatic hydroxyl groups excluding tert-OH is 1. The van der Waals surface area contributed by atoms with Crippen molar-refractivity contribution in [2.75, 3.05) is 6.61 Å². The molecule has 2 aromatic rings. The number of benzene rings is 1. The molecule has 0 aliphatic rings. The number of rotatable bonds is 2. The second kappa shape index (κ2) is 5.63. The Bertz CT molecular complexity index is 663. The fourth-order valence-electron chi connectivity index (χ4n) is 1.51. The fraction of sp³-hybridized carbons (Fsp3) is 0.154. The van der Waals surface area contributed by atoms with E-state index in [1.165, 1.54) is 6.07 Å². The molecule has 1 aromatic heterocycles. The molecule has 0 fully saturated rings. The topological polar surface area (TPSA) is 42.2 Å². The maximum absolute atomic E-state index is 13.4. The van der Waals surface area contributed by atoms with Crippen molar-refractivity contribution in [1.82, 2.24) is 4.57 Å². The Kier molecular flexibility index (Phi) is 3.92. The highest BCUT2D eigenvalue weighted by Crippen LogP contribution is 2.10. The third-order valence-electron chi connectivity index (χ3n) is 2.33. The van der Waals surface area contributed by atoms with Gasteiger partial charge in [0.1, 0.15) is 12.4 Å². The molecule has 18 heavy (non-hydrogen) atoms. The van der Waals surface area contributed by atoms with E-state index in [-0.39, 0.29) is 17.0 Å². The van der Waals surface area contributed by atoms with E-state index in [4.69, 9.17) is 5.11 Å². The van der Waals surface area contributed by atoms with Gasteiger partial charge in [0, 0.05) is 11.6 Å². The van der Waals surface area contributed by atoms with Gasteiger partial charge in [0.15, 0.2) is 0 Å². The van der Waals surface area contributed by atoms with Gasteiger partial charge >= 0.3 is 4.87 Å². The molecule has 0 unspecified atom stereocenters. The zero-order valence-electron chi connectivity index (χ0n) is 9.39. The van der Waals surface area contributed by atoms with Crippen molar-refractivity contribution in [2.45, 2.75) is 6.54 Å². The van der Waals surface area contributed by atoms with Gasteiger partial charge in [0.25, 0.3) is 0 Å².